The molecular weight excluding hydrogens is 300 g/mol. The third-order valence-electron chi connectivity index (χ3n) is 4.05. The number of allylic oxidation sites excluding steroid dienone is 3. The molecule has 0 saturated carbocycles. The molecule has 1 unspecified atom stereocenters. The highest BCUT2D eigenvalue weighted by atomic mass is 16.2. The van der Waals surface area contributed by atoms with E-state index in [4.69, 9.17) is 5.26 Å². The molecule has 0 radical (unpaired) electrons. The number of amides is 1. The van der Waals surface area contributed by atoms with Gasteiger partial charge in [0.25, 0.3) is 5.91 Å². The zero-order valence-electron chi connectivity index (χ0n) is 15.1. The van der Waals surface area contributed by atoms with Crippen molar-refractivity contribution in [1.29, 1.82) is 5.26 Å². The summed E-state index contributed by atoms with van der Waals surface area (Å²) in [7, 11) is 0. The molecule has 0 aromatic carbocycles. The van der Waals surface area contributed by atoms with Gasteiger partial charge in [0.2, 0.25) is 0 Å². The lowest BCUT2D eigenvalue weighted by Crippen LogP contribution is -2.39. The van der Waals surface area contributed by atoms with Gasteiger partial charge in [0.15, 0.2) is 0 Å². The molecule has 1 saturated heterocycles. The number of hydrogen-bond donors (Lipinski definition) is 1. The molecule has 0 aromatic rings. The topological polar surface area (TPSA) is 68.5 Å². The number of carbonyl (C=O) groups excluding carboxylic acids is 1. The molecule has 130 valence electrons. The van der Waals surface area contributed by atoms with E-state index in [1.54, 1.807) is 19.2 Å². The average molecular weight is 328 g/mol. The lowest BCUT2D eigenvalue weighted by molar-refractivity contribution is -0.118. The number of nitriles is 1. The molecule has 5 heteroatoms. The maximum atomic E-state index is 12.2. The van der Waals surface area contributed by atoms with Gasteiger partial charge in [-0.2, -0.15) is 5.26 Å². The standard InChI is InChI=1S/C19H28N4O/c1-5-8-17(10-9-15(4)13-20)23-12-11-16(14-23)22-19(24)18(6-2)21-7-3/h5-9,16-17H,10-12,14H2,1-4H3,(H,22,24)/b8-5+,15-9+,18-6-,21-7?/t16-,17?/m1/s1. The van der Waals surface area contributed by atoms with Crippen molar-refractivity contribution in [2.45, 2.75) is 52.6 Å². The van der Waals surface area contributed by atoms with Gasteiger partial charge in [-0.1, -0.05) is 24.3 Å². The van der Waals surface area contributed by atoms with Crippen LogP contribution in [-0.2, 0) is 4.79 Å². The van der Waals surface area contributed by atoms with E-state index < -0.39 is 0 Å². The average Bonchev–Trinajstić information content (AvgIpc) is 3.04. The van der Waals surface area contributed by atoms with Crippen molar-refractivity contribution in [3.8, 4) is 6.07 Å². The van der Waals surface area contributed by atoms with Crippen LogP contribution in [0.25, 0.3) is 0 Å². The van der Waals surface area contributed by atoms with Crippen LogP contribution < -0.4 is 5.32 Å². The molecule has 5 nitrogen and oxygen atoms in total. The number of hydrogen-bond acceptors (Lipinski definition) is 4. The fourth-order valence-electron chi connectivity index (χ4n) is 2.78. The lowest BCUT2D eigenvalue weighted by Gasteiger charge is -2.24. The second-order valence-corrected chi connectivity index (χ2v) is 5.84. The van der Waals surface area contributed by atoms with Crippen molar-refractivity contribution in [2.75, 3.05) is 13.1 Å². The van der Waals surface area contributed by atoms with Crippen LogP contribution in [0.2, 0.25) is 0 Å². The van der Waals surface area contributed by atoms with E-state index in [1.807, 2.05) is 32.9 Å². The van der Waals surface area contributed by atoms with E-state index in [0.29, 0.717) is 5.70 Å². The Morgan fingerprint density at radius 3 is 2.79 bits per heavy atom. The van der Waals surface area contributed by atoms with Crippen molar-refractivity contribution in [3.63, 3.8) is 0 Å². The second-order valence-electron chi connectivity index (χ2n) is 5.84. The van der Waals surface area contributed by atoms with Gasteiger partial charge < -0.3 is 5.32 Å². The summed E-state index contributed by atoms with van der Waals surface area (Å²) in [6.45, 7) is 9.19. The molecule has 24 heavy (non-hydrogen) atoms. The first-order valence-corrected chi connectivity index (χ1v) is 8.45. The van der Waals surface area contributed by atoms with Gasteiger partial charge in [0, 0.05) is 37.0 Å². The Bertz CT molecular complexity index is 581. The Morgan fingerprint density at radius 2 is 2.21 bits per heavy atom. The van der Waals surface area contributed by atoms with E-state index in [9.17, 15) is 4.79 Å². The van der Waals surface area contributed by atoms with Crippen LogP contribution in [-0.4, -0.2) is 42.2 Å². The van der Waals surface area contributed by atoms with Crippen molar-refractivity contribution in [2.24, 2.45) is 4.99 Å². The minimum Gasteiger partial charge on any atom is -0.347 e. The van der Waals surface area contributed by atoms with Gasteiger partial charge in [-0.3, -0.25) is 14.7 Å². The summed E-state index contributed by atoms with van der Waals surface area (Å²) in [5.41, 5.74) is 1.19. The Kier molecular flexibility index (Phi) is 8.74. The molecule has 0 spiro atoms. The zero-order valence-corrected chi connectivity index (χ0v) is 15.1. The first-order valence-electron chi connectivity index (χ1n) is 8.45. The first-order chi connectivity index (χ1) is 11.5. The molecule has 1 N–H and O–H groups in total. The number of rotatable bonds is 7. The van der Waals surface area contributed by atoms with Gasteiger partial charge in [-0.05, 0) is 40.5 Å². The fraction of sp³-hybridized carbons (Fsp3) is 0.526. The predicted octanol–water partition coefficient (Wildman–Crippen LogP) is 2.98. The lowest BCUT2D eigenvalue weighted by atomic mass is 10.1. The summed E-state index contributed by atoms with van der Waals surface area (Å²) >= 11 is 0. The fourth-order valence-corrected chi connectivity index (χ4v) is 2.78. The summed E-state index contributed by atoms with van der Waals surface area (Å²) in [5, 5.41) is 12.0. The van der Waals surface area contributed by atoms with Crippen LogP contribution in [0.5, 0.6) is 0 Å². The zero-order chi connectivity index (χ0) is 17.9. The smallest absolute Gasteiger partial charge is 0.269 e. The third-order valence-corrected chi connectivity index (χ3v) is 4.05. The number of nitrogens with zero attached hydrogens (tertiary/aromatic N) is 3. The molecule has 2 atom stereocenters. The summed E-state index contributed by atoms with van der Waals surface area (Å²) < 4.78 is 0. The maximum Gasteiger partial charge on any atom is 0.269 e. The van der Waals surface area contributed by atoms with E-state index in [-0.39, 0.29) is 18.0 Å². The van der Waals surface area contributed by atoms with Crippen LogP contribution >= 0.6 is 0 Å². The van der Waals surface area contributed by atoms with Gasteiger partial charge in [-0.25, -0.2) is 0 Å². The van der Waals surface area contributed by atoms with E-state index in [1.165, 1.54) is 0 Å². The number of carbonyl (C=O) groups is 1. The molecule has 1 fully saturated rings. The van der Waals surface area contributed by atoms with Gasteiger partial charge in [-0.15, -0.1) is 0 Å². The highest BCUT2D eigenvalue weighted by molar-refractivity contribution is 5.94. The molecule has 1 rings (SSSR count). The molecular formula is C19H28N4O. The Balaban J connectivity index is 2.65. The van der Waals surface area contributed by atoms with Crippen molar-refractivity contribution >= 4 is 12.1 Å². The Morgan fingerprint density at radius 1 is 1.46 bits per heavy atom. The highest BCUT2D eigenvalue weighted by Crippen LogP contribution is 2.17. The molecule has 0 aliphatic carbocycles. The van der Waals surface area contributed by atoms with E-state index in [2.05, 4.69) is 27.4 Å². The molecule has 1 aliphatic rings. The van der Waals surface area contributed by atoms with Crippen LogP contribution in [0, 0.1) is 11.3 Å². The summed E-state index contributed by atoms with van der Waals surface area (Å²) in [4.78, 5) is 18.6. The van der Waals surface area contributed by atoms with Crippen LogP contribution in [0.3, 0.4) is 0 Å². The van der Waals surface area contributed by atoms with Crippen LogP contribution in [0.4, 0.5) is 0 Å². The van der Waals surface area contributed by atoms with Crippen molar-refractivity contribution in [3.05, 3.63) is 35.6 Å². The van der Waals surface area contributed by atoms with E-state index in [0.717, 1.165) is 31.5 Å². The summed E-state index contributed by atoms with van der Waals surface area (Å²) in [5.74, 6) is -0.120. The third kappa shape index (κ3) is 6.13. The molecule has 1 aliphatic heterocycles. The Hall–Kier alpha value is -2.19. The van der Waals surface area contributed by atoms with Crippen LogP contribution in [0.15, 0.2) is 40.6 Å². The monoisotopic (exact) mass is 328 g/mol. The quantitative estimate of drug-likeness (QED) is 0.338. The van der Waals surface area contributed by atoms with Gasteiger partial charge in [0.05, 0.1) is 6.07 Å². The molecule has 0 aromatic heterocycles. The van der Waals surface area contributed by atoms with Crippen molar-refractivity contribution in [1.82, 2.24) is 10.2 Å². The SMILES string of the molecule is CC=N/C(=C\C)C(=O)N[C@@H]1CCN(C(/C=C/C)C/C=C(\C)C#N)C1. The summed E-state index contributed by atoms with van der Waals surface area (Å²) in [6, 6.07) is 2.55. The van der Waals surface area contributed by atoms with Gasteiger partial charge >= 0.3 is 0 Å². The van der Waals surface area contributed by atoms with E-state index >= 15 is 0 Å². The summed E-state index contributed by atoms with van der Waals surface area (Å²) in [6.07, 6.45) is 11.3. The van der Waals surface area contributed by atoms with Gasteiger partial charge in [0.1, 0.15) is 5.70 Å². The molecule has 1 amide bonds. The maximum absolute atomic E-state index is 12.2. The van der Waals surface area contributed by atoms with Crippen molar-refractivity contribution < 1.29 is 4.79 Å². The second kappa shape index (κ2) is 10.6. The Labute approximate surface area is 145 Å². The predicted molar refractivity (Wildman–Crippen MR) is 98.6 cm³/mol. The number of aliphatic imine (C=N–C) groups is 1. The van der Waals surface area contributed by atoms with Crippen LogP contribution in [0.1, 0.15) is 40.5 Å². The minimum absolute atomic E-state index is 0.120. The molecule has 0 bridgehead atoms. The highest BCUT2D eigenvalue weighted by Gasteiger charge is 2.28. The number of likely N-dealkylation sites (tertiary alicyclic amines) is 1. The normalized spacial score (nSPS) is 21.4. The molecule has 1 heterocycles. The number of nitrogens with one attached hydrogen (secondary N) is 1. The largest absolute Gasteiger partial charge is 0.347 e. The minimum atomic E-state index is -0.120. The first kappa shape index (κ1) is 19.9.